The van der Waals surface area contributed by atoms with E-state index in [0.717, 1.165) is 18.7 Å². The second-order valence-corrected chi connectivity index (χ2v) is 6.59. The number of benzene rings is 2. The molecule has 0 bridgehead atoms. The van der Waals surface area contributed by atoms with Crippen molar-refractivity contribution in [1.29, 1.82) is 0 Å². The average molecular weight is 416 g/mol. The molecule has 0 aliphatic carbocycles. The van der Waals surface area contributed by atoms with E-state index in [9.17, 15) is 18.8 Å². The Bertz CT molecular complexity index is 902. The summed E-state index contributed by atoms with van der Waals surface area (Å²) in [4.78, 5) is 36.4. The van der Waals surface area contributed by atoms with E-state index in [4.69, 9.17) is 4.74 Å². The number of carbonyl (C=O) groups is 3. The fraction of sp³-hybridized carbons (Fsp3) is 0.318. The summed E-state index contributed by atoms with van der Waals surface area (Å²) in [6.07, 6.45) is -0.262. The molecule has 0 saturated carbocycles. The predicted molar refractivity (Wildman–Crippen MR) is 108 cm³/mol. The third-order valence-corrected chi connectivity index (χ3v) is 4.55. The molecule has 1 atom stereocenters. The van der Waals surface area contributed by atoms with Gasteiger partial charge in [0, 0.05) is 12.1 Å². The van der Waals surface area contributed by atoms with Crippen LogP contribution in [0.1, 0.15) is 34.0 Å². The number of hydrogen-bond acceptors (Lipinski definition) is 5. The first-order valence-electron chi connectivity index (χ1n) is 9.48. The van der Waals surface area contributed by atoms with Crippen LogP contribution in [0.2, 0.25) is 0 Å². The van der Waals surface area contributed by atoms with Crippen molar-refractivity contribution in [3.05, 3.63) is 70.5 Å². The van der Waals surface area contributed by atoms with Gasteiger partial charge < -0.3 is 20.1 Å². The van der Waals surface area contributed by atoms with E-state index in [-0.39, 0.29) is 18.7 Å². The third-order valence-electron chi connectivity index (χ3n) is 4.55. The number of ether oxygens (including phenoxy) is 2. The van der Waals surface area contributed by atoms with Crippen molar-refractivity contribution in [2.24, 2.45) is 0 Å². The lowest BCUT2D eigenvalue weighted by Crippen LogP contribution is -2.49. The average Bonchev–Trinajstić information content (AvgIpc) is 2.76. The molecule has 2 amide bonds. The first-order chi connectivity index (χ1) is 14.3. The maximum atomic E-state index is 14.0. The summed E-state index contributed by atoms with van der Waals surface area (Å²) in [7, 11) is 1.16. The van der Waals surface area contributed by atoms with Gasteiger partial charge in [0.1, 0.15) is 18.5 Å². The van der Waals surface area contributed by atoms with E-state index in [2.05, 4.69) is 15.4 Å². The van der Waals surface area contributed by atoms with Gasteiger partial charge in [-0.2, -0.15) is 0 Å². The molecule has 2 aromatic rings. The van der Waals surface area contributed by atoms with Gasteiger partial charge in [-0.1, -0.05) is 37.3 Å². The lowest BCUT2D eigenvalue weighted by atomic mass is 10.0. The zero-order chi connectivity index (χ0) is 22.1. The Morgan fingerprint density at radius 3 is 2.47 bits per heavy atom. The van der Waals surface area contributed by atoms with E-state index in [0.29, 0.717) is 17.5 Å². The van der Waals surface area contributed by atoms with Gasteiger partial charge in [-0.05, 0) is 42.2 Å². The number of aryl methyl sites for hydroxylation is 1. The van der Waals surface area contributed by atoms with Crippen molar-refractivity contribution < 1.29 is 28.2 Å². The first-order valence-corrected chi connectivity index (χ1v) is 9.48. The number of alkyl carbamates (subject to hydrolysis) is 1. The third kappa shape index (κ3) is 6.30. The highest BCUT2D eigenvalue weighted by Crippen LogP contribution is 2.16. The van der Waals surface area contributed by atoms with Crippen LogP contribution in [-0.4, -0.2) is 37.7 Å². The van der Waals surface area contributed by atoms with E-state index in [1.54, 1.807) is 37.3 Å². The molecule has 0 heterocycles. The summed E-state index contributed by atoms with van der Waals surface area (Å²) >= 11 is 0. The maximum absolute atomic E-state index is 14.0. The van der Waals surface area contributed by atoms with Crippen molar-refractivity contribution in [1.82, 2.24) is 10.6 Å². The van der Waals surface area contributed by atoms with Gasteiger partial charge in [0.25, 0.3) is 5.91 Å². The highest BCUT2D eigenvalue weighted by molar-refractivity contribution is 5.95. The molecule has 2 aromatic carbocycles. The van der Waals surface area contributed by atoms with Crippen LogP contribution < -0.4 is 10.6 Å². The van der Waals surface area contributed by atoms with Gasteiger partial charge in [0.05, 0.1) is 7.11 Å². The Morgan fingerprint density at radius 1 is 1.13 bits per heavy atom. The highest BCUT2D eigenvalue weighted by atomic mass is 19.1. The fourth-order valence-electron chi connectivity index (χ4n) is 2.77. The van der Waals surface area contributed by atoms with Crippen molar-refractivity contribution in [3.63, 3.8) is 0 Å². The Morgan fingerprint density at radius 2 is 1.83 bits per heavy atom. The molecule has 7 nitrogen and oxygen atoms in total. The second-order valence-electron chi connectivity index (χ2n) is 6.59. The SMILES string of the molecule is CCc1cc(C(=O)NC[C@@H](NC(=O)OCc2ccccc2)C(=O)OC)cc(F)c1C. The van der Waals surface area contributed by atoms with E-state index in [1.807, 2.05) is 13.0 Å². The van der Waals surface area contributed by atoms with Crippen LogP contribution in [-0.2, 0) is 27.3 Å². The van der Waals surface area contributed by atoms with E-state index >= 15 is 0 Å². The zero-order valence-electron chi connectivity index (χ0n) is 17.2. The van der Waals surface area contributed by atoms with E-state index < -0.39 is 29.8 Å². The number of halogens is 1. The number of methoxy groups -OCH3 is 1. The zero-order valence-corrected chi connectivity index (χ0v) is 17.2. The Balaban J connectivity index is 1.97. The van der Waals surface area contributed by atoms with Gasteiger partial charge >= 0.3 is 12.1 Å². The Labute approximate surface area is 174 Å². The summed E-state index contributed by atoms with van der Waals surface area (Å²) in [5.74, 6) is -1.81. The summed E-state index contributed by atoms with van der Waals surface area (Å²) in [6.45, 7) is 3.29. The van der Waals surface area contributed by atoms with E-state index in [1.165, 1.54) is 0 Å². The quantitative estimate of drug-likeness (QED) is 0.646. The molecule has 0 saturated heterocycles. The summed E-state index contributed by atoms with van der Waals surface area (Å²) in [6, 6.07) is 10.6. The standard InChI is InChI=1S/C22H25FN2O5/c1-4-16-10-17(11-18(23)14(16)2)20(26)24-12-19(21(27)29-3)25-22(28)30-13-15-8-6-5-7-9-15/h5-11,19H,4,12-13H2,1-3H3,(H,24,26)(H,25,28)/t19-/m1/s1. The van der Waals surface area contributed by atoms with Gasteiger partial charge in [-0.25, -0.2) is 14.0 Å². The molecular formula is C22H25FN2O5. The summed E-state index contributed by atoms with van der Waals surface area (Å²) in [5, 5.41) is 4.88. The van der Waals surface area contributed by atoms with Crippen molar-refractivity contribution >= 4 is 18.0 Å². The van der Waals surface area contributed by atoms with Crippen LogP contribution in [0.3, 0.4) is 0 Å². The van der Waals surface area contributed by atoms with Crippen LogP contribution in [0.5, 0.6) is 0 Å². The molecule has 0 aromatic heterocycles. The number of amides is 2. The van der Waals surface area contributed by atoms with Gasteiger partial charge in [0.2, 0.25) is 0 Å². The lowest BCUT2D eigenvalue weighted by molar-refractivity contribution is -0.142. The minimum atomic E-state index is -1.16. The second kappa shape index (κ2) is 10.9. The minimum Gasteiger partial charge on any atom is -0.467 e. The molecule has 0 aliphatic heterocycles. The van der Waals surface area contributed by atoms with Crippen molar-refractivity contribution in [2.75, 3.05) is 13.7 Å². The van der Waals surface area contributed by atoms with Gasteiger partial charge in [-0.15, -0.1) is 0 Å². The monoisotopic (exact) mass is 416 g/mol. The van der Waals surface area contributed by atoms with Crippen LogP contribution in [0.15, 0.2) is 42.5 Å². The van der Waals surface area contributed by atoms with Gasteiger partial charge in [0.15, 0.2) is 0 Å². The molecule has 2 rings (SSSR count). The molecule has 30 heavy (non-hydrogen) atoms. The maximum Gasteiger partial charge on any atom is 0.408 e. The number of esters is 1. The Hall–Kier alpha value is -3.42. The van der Waals surface area contributed by atoms with Gasteiger partial charge in [-0.3, -0.25) is 4.79 Å². The topological polar surface area (TPSA) is 93.7 Å². The van der Waals surface area contributed by atoms with Crippen molar-refractivity contribution in [2.45, 2.75) is 32.9 Å². The number of carbonyl (C=O) groups excluding carboxylic acids is 3. The highest BCUT2D eigenvalue weighted by Gasteiger charge is 2.23. The summed E-state index contributed by atoms with van der Waals surface area (Å²) < 4.78 is 23.8. The smallest absolute Gasteiger partial charge is 0.408 e. The van der Waals surface area contributed by atoms with Crippen LogP contribution in [0.4, 0.5) is 9.18 Å². The van der Waals surface area contributed by atoms with Crippen LogP contribution in [0, 0.1) is 12.7 Å². The normalized spacial score (nSPS) is 11.3. The fourth-order valence-corrected chi connectivity index (χ4v) is 2.77. The molecule has 0 unspecified atom stereocenters. The largest absolute Gasteiger partial charge is 0.467 e. The van der Waals surface area contributed by atoms with Crippen molar-refractivity contribution in [3.8, 4) is 0 Å². The lowest BCUT2D eigenvalue weighted by Gasteiger charge is -2.17. The molecule has 0 radical (unpaired) electrons. The molecule has 0 aliphatic rings. The molecule has 160 valence electrons. The number of hydrogen-bond donors (Lipinski definition) is 2. The number of rotatable bonds is 8. The van der Waals surface area contributed by atoms with Crippen LogP contribution >= 0.6 is 0 Å². The number of nitrogens with one attached hydrogen (secondary N) is 2. The minimum absolute atomic E-state index is 0.0232. The predicted octanol–water partition coefficient (Wildman–Crippen LogP) is 2.89. The first kappa shape index (κ1) is 22.9. The molecular weight excluding hydrogens is 391 g/mol. The molecule has 0 spiro atoms. The molecule has 8 heteroatoms. The Kier molecular flexibility index (Phi) is 8.34. The van der Waals surface area contributed by atoms with Crippen LogP contribution in [0.25, 0.3) is 0 Å². The molecule has 2 N–H and O–H groups in total. The summed E-state index contributed by atoms with van der Waals surface area (Å²) in [5.41, 5.74) is 2.12. The molecule has 0 fully saturated rings.